The minimum atomic E-state index is -0.745. The number of amides is 2. The first kappa shape index (κ1) is 18.9. The second-order valence-corrected chi connectivity index (χ2v) is 6.32. The predicted molar refractivity (Wildman–Crippen MR) is 93.0 cm³/mol. The van der Waals surface area contributed by atoms with Gasteiger partial charge >= 0.3 is 12.0 Å². The third kappa shape index (κ3) is 5.85. The van der Waals surface area contributed by atoms with Crippen LogP contribution in [0, 0.1) is 5.92 Å². The summed E-state index contributed by atoms with van der Waals surface area (Å²) in [7, 11) is 1.58. The molecule has 1 aliphatic rings. The molecule has 3 N–H and O–H groups in total. The zero-order chi connectivity index (χ0) is 18.2. The summed E-state index contributed by atoms with van der Waals surface area (Å²) in [6, 6.07) is 7.13. The number of carboxylic acids is 1. The maximum atomic E-state index is 12.0. The van der Waals surface area contributed by atoms with Crippen LogP contribution in [-0.4, -0.2) is 42.9 Å². The Hall–Kier alpha value is -2.44. The van der Waals surface area contributed by atoms with Crippen LogP contribution < -0.4 is 20.1 Å². The Morgan fingerprint density at radius 2 is 1.84 bits per heavy atom. The Morgan fingerprint density at radius 1 is 1.20 bits per heavy atom. The molecule has 0 aliphatic heterocycles. The van der Waals surface area contributed by atoms with Gasteiger partial charge in [0.25, 0.3) is 0 Å². The number of nitrogens with one attached hydrogen (secondary N) is 2. The van der Waals surface area contributed by atoms with Crippen LogP contribution in [0.4, 0.5) is 4.79 Å². The summed E-state index contributed by atoms with van der Waals surface area (Å²) in [5.41, 5.74) is 0. The minimum absolute atomic E-state index is 0.0287. The monoisotopic (exact) mass is 350 g/mol. The molecular weight excluding hydrogens is 324 g/mol. The van der Waals surface area contributed by atoms with Crippen LogP contribution in [0.5, 0.6) is 11.5 Å². The Balaban J connectivity index is 1.70. The summed E-state index contributed by atoms with van der Waals surface area (Å²) in [6.07, 6.45) is 2.38. The zero-order valence-electron chi connectivity index (χ0n) is 14.7. The molecule has 0 radical (unpaired) electrons. The summed E-state index contributed by atoms with van der Waals surface area (Å²) in [6.45, 7) is 2.22. The van der Waals surface area contributed by atoms with E-state index in [2.05, 4.69) is 10.6 Å². The first-order chi connectivity index (χ1) is 12.0. The first-order valence-corrected chi connectivity index (χ1v) is 8.56. The van der Waals surface area contributed by atoms with E-state index < -0.39 is 5.97 Å². The molecule has 1 aromatic carbocycles. The van der Waals surface area contributed by atoms with Gasteiger partial charge in [-0.3, -0.25) is 4.79 Å². The summed E-state index contributed by atoms with van der Waals surface area (Å²) in [5, 5.41) is 14.7. The SMILES string of the molecule is COc1ccccc1OC(C)CNC(=O)NC1CCC(C(=O)O)CC1. The zero-order valence-corrected chi connectivity index (χ0v) is 14.7. The van der Waals surface area contributed by atoms with Crippen molar-refractivity contribution in [3.8, 4) is 11.5 Å². The van der Waals surface area contributed by atoms with Crippen LogP contribution in [0.2, 0.25) is 0 Å². The predicted octanol–water partition coefficient (Wildman–Crippen LogP) is 2.41. The van der Waals surface area contributed by atoms with E-state index in [1.807, 2.05) is 31.2 Å². The molecule has 138 valence electrons. The molecule has 0 bridgehead atoms. The Kier molecular flexibility index (Phi) is 6.91. The highest BCUT2D eigenvalue weighted by Crippen LogP contribution is 2.26. The van der Waals surface area contributed by atoms with Crippen molar-refractivity contribution in [3.05, 3.63) is 24.3 Å². The minimum Gasteiger partial charge on any atom is -0.493 e. The average molecular weight is 350 g/mol. The van der Waals surface area contributed by atoms with Crippen molar-refractivity contribution in [2.24, 2.45) is 5.92 Å². The summed E-state index contributed by atoms with van der Waals surface area (Å²) < 4.78 is 11.0. The van der Waals surface area contributed by atoms with Gasteiger partial charge < -0.3 is 25.2 Å². The van der Waals surface area contributed by atoms with Crippen LogP contribution in [0.15, 0.2) is 24.3 Å². The topological polar surface area (TPSA) is 96.9 Å². The highest BCUT2D eigenvalue weighted by molar-refractivity contribution is 5.74. The van der Waals surface area contributed by atoms with Crippen molar-refractivity contribution in [1.29, 1.82) is 0 Å². The molecule has 0 saturated heterocycles. The quantitative estimate of drug-likeness (QED) is 0.702. The maximum Gasteiger partial charge on any atom is 0.315 e. The van der Waals surface area contributed by atoms with Gasteiger partial charge in [0.05, 0.1) is 19.6 Å². The normalized spacial score (nSPS) is 21.0. The van der Waals surface area contributed by atoms with E-state index in [1.165, 1.54) is 0 Å². The van der Waals surface area contributed by atoms with Crippen LogP contribution in [0.25, 0.3) is 0 Å². The van der Waals surface area contributed by atoms with Gasteiger partial charge in [0.15, 0.2) is 11.5 Å². The van der Waals surface area contributed by atoms with Crippen LogP contribution in [0.1, 0.15) is 32.6 Å². The van der Waals surface area contributed by atoms with E-state index in [0.29, 0.717) is 43.7 Å². The van der Waals surface area contributed by atoms with Crippen molar-refractivity contribution >= 4 is 12.0 Å². The van der Waals surface area contributed by atoms with Gasteiger partial charge in [0.1, 0.15) is 6.10 Å². The van der Waals surface area contributed by atoms with Crippen LogP contribution in [0.3, 0.4) is 0 Å². The number of benzene rings is 1. The molecule has 7 nitrogen and oxygen atoms in total. The molecule has 0 aromatic heterocycles. The standard InChI is InChI=1S/C18H26N2O5/c1-12(25-16-6-4-3-5-15(16)24-2)11-19-18(23)20-14-9-7-13(8-10-14)17(21)22/h3-6,12-14H,7-11H2,1-2H3,(H,21,22)(H2,19,20,23). The molecule has 1 unspecified atom stereocenters. The first-order valence-electron chi connectivity index (χ1n) is 8.56. The fourth-order valence-corrected chi connectivity index (χ4v) is 2.93. The van der Waals surface area contributed by atoms with E-state index >= 15 is 0 Å². The van der Waals surface area contributed by atoms with Crippen molar-refractivity contribution in [3.63, 3.8) is 0 Å². The van der Waals surface area contributed by atoms with Crippen LogP contribution in [-0.2, 0) is 4.79 Å². The van der Waals surface area contributed by atoms with Crippen molar-refractivity contribution in [1.82, 2.24) is 10.6 Å². The van der Waals surface area contributed by atoms with E-state index in [4.69, 9.17) is 14.6 Å². The number of methoxy groups -OCH3 is 1. The highest BCUT2D eigenvalue weighted by Gasteiger charge is 2.26. The molecule has 2 amide bonds. The fraction of sp³-hybridized carbons (Fsp3) is 0.556. The van der Waals surface area contributed by atoms with Gasteiger partial charge in [-0.2, -0.15) is 0 Å². The van der Waals surface area contributed by atoms with Gasteiger partial charge in [0, 0.05) is 6.04 Å². The van der Waals surface area contributed by atoms with E-state index in [-0.39, 0.29) is 24.1 Å². The molecule has 1 aliphatic carbocycles. The number of carboxylic acid groups (broad SMARTS) is 1. The lowest BCUT2D eigenvalue weighted by atomic mass is 9.86. The van der Waals surface area contributed by atoms with Gasteiger partial charge in [-0.05, 0) is 44.7 Å². The number of ether oxygens (including phenoxy) is 2. The molecule has 2 rings (SSSR count). The molecule has 0 spiro atoms. The number of para-hydroxylation sites is 2. The molecule has 7 heteroatoms. The number of aliphatic carboxylic acids is 1. The van der Waals surface area contributed by atoms with E-state index in [9.17, 15) is 9.59 Å². The lowest BCUT2D eigenvalue weighted by Gasteiger charge is -2.27. The molecular formula is C18H26N2O5. The van der Waals surface area contributed by atoms with Gasteiger partial charge in [-0.15, -0.1) is 0 Å². The molecule has 1 saturated carbocycles. The number of urea groups is 1. The largest absolute Gasteiger partial charge is 0.493 e. The van der Waals surface area contributed by atoms with Gasteiger partial charge in [-0.1, -0.05) is 12.1 Å². The Morgan fingerprint density at radius 3 is 2.44 bits per heavy atom. The third-order valence-corrected chi connectivity index (χ3v) is 4.36. The fourth-order valence-electron chi connectivity index (χ4n) is 2.93. The van der Waals surface area contributed by atoms with E-state index in [1.54, 1.807) is 7.11 Å². The second kappa shape index (κ2) is 9.15. The summed E-state index contributed by atoms with van der Waals surface area (Å²) >= 11 is 0. The molecule has 1 fully saturated rings. The summed E-state index contributed by atoms with van der Waals surface area (Å²) in [5.74, 6) is 0.251. The third-order valence-electron chi connectivity index (χ3n) is 4.36. The number of hydrogen-bond acceptors (Lipinski definition) is 4. The second-order valence-electron chi connectivity index (χ2n) is 6.32. The number of carbonyl (C=O) groups is 2. The molecule has 1 atom stereocenters. The molecule has 1 aromatic rings. The highest BCUT2D eigenvalue weighted by atomic mass is 16.5. The Labute approximate surface area is 147 Å². The van der Waals surface area contributed by atoms with Crippen molar-refractivity contribution < 1.29 is 24.2 Å². The summed E-state index contributed by atoms with van der Waals surface area (Å²) in [4.78, 5) is 22.9. The average Bonchev–Trinajstić information content (AvgIpc) is 2.61. The molecule has 0 heterocycles. The Bertz CT molecular complexity index is 585. The lowest BCUT2D eigenvalue weighted by Crippen LogP contribution is -2.46. The number of rotatable bonds is 7. The van der Waals surface area contributed by atoms with Crippen LogP contribution >= 0.6 is 0 Å². The van der Waals surface area contributed by atoms with Gasteiger partial charge in [-0.25, -0.2) is 4.79 Å². The maximum absolute atomic E-state index is 12.0. The molecule has 25 heavy (non-hydrogen) atoms. The van der Waals surface area contributed by atoms with Crippen molar-refractivity contribution in [2.45, 2.75) is 44.8 Å². The van der Waals surface area contributed by atoms with Gasteiger partial charge in [0.2, 0.25) is 0 Å². The van der Waals surface area contributed by atoms with E-state index in [0.717, 1.165) is 0 Å². The lowest BCUT2D eigenvalue weighted by molar-refractivity contribution is -0.142. The number of hydrogen-bond donors (Lipinski definition) is 3. The number of carbonyl (C=O) groups excluding carboxylic acids is 1. The smallest absolute Gasteiger partial charge is 0.315 e. The van der Waals surface area contributed by atoms with Crippen molar-refractivity contribution in [2.75, 3.05) is 13.7 Å².